The SMILES string of the molecule is COCCOc1cc(NC(=O)C2CCCNC2)ccc1OC. The molecule has 1 fully saturated rings. The van der Waals surface area contributed by atoms with E-state index in [-0.39, 0.29) is 11.8 Å². The number of hydrogen-bond donors (Lipinski definition) is 2. The second kappa shape index (κ2) is 8.60. The number of carbonyl (C=O) groups excluding carboxylic acids is 1. The highest BCUT2D eigenvalue weighted by molar-refractivity contribution is 5.93. The van der Waals surface area contributed by atoms with Crippen LogP contribution in [-0.2, 0) is 9.53 Å². The van der Waals surface area contributed by atoms with Gasteiger partial charge in [0.05, 0.1) is 19.6 Å². The summed E-state index contributed by atoms with van der Waals surface area (Å²) in [4.78, 5) is 12.3. The van der Waals surface area contributed by atoms with E-state index in [2.05, 4.69) is 10.6 Å². The van der Waals surface area contributed by atoms with Gasteiger partial charge in [-0.15, -0.1) is 0 Å². The molecule has 1 aliphatic heterocycles. The summed E-state index contributed by atoms with van der Waals surface area (Å²) in [5, 5.41) is 6.19. The maximum Gasteiger partial charge on any atom is 0.228 e. The predicted octanol–water partition coefficient (Wildman–Crippen LogP) is 1.66. The second-order valence-corrected chi connectivity index (χ2v) is 5.24. The topological polar surface area (TPSA) is 68.8 Å². The van der Waals surface area contributed by atoms with Crippen molar-refractivity contribution < 1.29 is 19.0 Å². The van der Waals surface area contributed by atoms with Crippen LogP contribution in [0.4, 0.5) is 5.69 Å². The van der Waals surface area contributed by atoms with Crippen LogP contribution in [-0.4, -0.2) is 46.4 Å². The Balaban J connectivity index is 2.00. The summed E-state index contributed by atoms with van der Waals surface area (Å²) in [6.07, 6.45) is 1.96. The van der Waals surface area contributed by atoms with Crippen molar-refractivity contribution in [1.82, 2.24) is 5.32 Å². The van der Waals surface area contributed by atoms with Gasteiger partial charge >= 0.3 is 0 Å². The third kappa shape index (κ3) is 4.61. The number of nitrogens with one attached hydrogen (secondary N) is 2. The summed E-state index contributed by atoms with van der Waals surface area (Å²) in [5.41, 5.74) is 0.712. The number of amides is 1. The zero-order valence-electron chi connectivity index (χ0n) is 13.2. The molecule has 1 atom stereocenters. The van der Waals surface area contributed by atoms with Gasteiger partial charge in [-0.05, 0) is 31.5 Å². The quantitative estimate of drug-likeness (QED) is 0.750. The Morgan fingerprint density at radius 1 is 1.32 bits per heavy atom. The molecule has 0 bridgehead atoms. The molecule has 0 aromatic heterocycles. The molecular formula is C16H24N2O4. The number of hydrogen-bond acceptors (Lipinski definition) is 5. The van der Waals surface area contributed by atoms with Gasteiger partial charge in [0.15, 0.2) is 11.5 Å². The number of carbonyl (C=O) groups is 1. The highest BCUT2D eigenvalue weighted by Crippen LogP contribution is 2.30. The fourth-order valence-corrected chi connectivity index (χ4v) is 2.42. The molecule has 22 heavy (non-hydrogen) atoms. The largest absolute Gasteiger partial charge is 0.493 e. The maximum absolute atomic E-state index is 12.3. The predicted molar refractivity (Wildman–Crippen MR) is 84.6 cm³/mol. The molecule has 1 saturated heterocycles. The van der Waals surface area contributed by atoms with Crippen LogP contribution in [0.5, 0.6) is 11.5 Å². The number of ether oxygens (including phenoxy) is 3. The van der Waals surface area contributed by atoms with Gasteiger partial charge in [0.1, 0.15) is 6.61 Å². The van der Waals surface area contributed by atoms with Crippen molar-refractivity contribution in [3.8, 4) is 11.5 Å². The molecule has 0 radical (unpaired) electrons. The molecule has 1 aromatic carbocycles. The van der Waals surface area contributed by atoms with Crippen molar-refractivity contribution in [1.29, 1.82) is 0 Å². The van der Waals surface area contributed by atoms with Crippen molar-refractivity contribution in [2.24, 2.45) is 5.92 Å². The summed E-state index contributed by atoms with van der Waals surface area (Å²) >= 11 is 0. The van der Waals surface area contributed by atoms with Gasteiger partial charge in [-0.1, -0.05) is 0 Å². The minimum absolute atomic E-state index is 0.0220. The molecule has 1 aromatic rings. The number of rotatable bonds is 7. The number of benzene rings is 1. The van der Waals surface area contributed by atoms with Gasteiger partial charge in [0, 0.05) is 25.4 Å². The van der Waals surface area contributed by atoms with Gasteiger partial charge in [-0.25, -0.2) is 0 Å². The van der Waals surface area contributed by atoms with Crippen molar-refractivity contribution in [3.63, 3.8) is 0 Å². The molecular weight excluding hydrogens is 284 g/mol. The molecule has 6 nitrogen and oxygen atoms in total. The van der Waals surface area contributed by atoms with E-state index in [0.717, 1.165) is 25.9 Å². The molecule has 1 unspecified atom stereocenters. The molecule has 6 heteroatoms. The first-order chi connectivity index (χ1) is 10.7. The van der Waals surface area contributed by atoms with E-state index in [1.54, 1.807) is 26.4 Å². The van der Waals surface area contributed by atoms with Gasteiger partial charge in [0.2, 0.25) is 5.91 Å². The standard InChI is InChI=1S/C16H24N2O4/c1-20-8-9-22-15-10-13(5-6-14(15)21-2)18-16(19)12-4-3-7-17-11-12/h5-6,10,12,17H,3-4,7-9,11H2,1-2H3,(H,18,19). The Bertz CT molecular complexity index is 487. The normalized spacial score (nSPS) is 17.8. The number of anilines is 1. The molecule has 1 heterocycles. The van der Waals surface area contributed by atoms with Crippen LogP contribution in [0, 0.1) is 5.92 Å². The Kier molecular flexibility index (Phi) is 6.48. The van der Waals surface area contributed by atoms with Crippen LogP contribution in [0.2, 0.25) is 0 Å². The first-order valence-corrected chi connectivity index (χ1v) is 7.56. The van der Waals surface area contributed by atoms with Gasteiger partial charge in [-0.2, -0.15) is 0 Å². The van der Waals surface area contributed by atoms with E-state index >= 15 is 0 Å². The highest BCUT2D eigenvalue weighted by atomic mass is 16.5. The zero-order valence-corrected chi connectivity index (χ0v) is 13.2. The van der Waals surface area contributed by atoms with Crippen LogP contribution in [0.15, 0.2) is 18.2 Å². The first-order valence-electron chi connectivity index (χ1n) is 7.56. The summed E-state index contributed by atoms with van der Waals surface area (Å²) in [6.45, 7) is 2.65. The van der Waals surface area contributed by atoms with E-state index in [4.69, 9.17) is 14.2 Å². The van der Waals surface area contributed by atoms with E-state index in [9.17, 15) is 4.79 Å². The van der Waals surface area contributed by atoms with E-state index in [1.165, 1.54) is 0 Å². The second-order valence-electron chi connectivity index (χ2n) is 5.24. The summed E-state index contributed by atoms with van der Waals surface area (Å²) < 4.78 is 15.9. The summed E-state index contributed by atoms with van der Waals surface area (Å²) in [5.74, 6) is 1.29. The Hall–Kier alpha value is -1.79. The van der Waals surface area contributed by atoms with Crippen molar-refractivity contribution in [3.05, 3.63) is 18.2 Å². The Labute approximate surface area is 131 Å². The molecule has 0 saturated carbocycles. The fraction of sp³-hybridized carbons (Fsp3) is 0.562. The zero-order chi connectivity index (χ0) is 15.8. The van der Waals surface area contributed by atoms with Gasteiger partial charge in [-0.3, -0.25) is 4.79 Å². The molecule has 1 amide bonds. The van der Waals surface area contributed by atoms with Crippen LogP contribution in [0.1, 0.15) is 12.8 Å². The smallest absolute Gasteiger partial charge is 0.228 e. The van der Waals surface area contributed by atoms with Crippen LogP contribution in [0.3, 0.4) is 0 Å². The van der Waals surface area contributed by atoms with Crippen LogP contribution >= 0.6 is 0 Å². The third-order valence-corrected chi connectivity index (χ3v) is 3.64. The summed E-state index contributed by atoms with van der Waals surface area (Å²) in [6, 6.07) is 5.38. The molecule has 0 aliphatic carbocycles. The lowest BCUT2D eigenvalue weighted by atomic mass is 9.99. The molecule has 2 N–H and O–H groups in total. The minimum Gasteiger partial charge on any atom is -0.493 e. The molecule has 1 aliphatic rings. The monoisotopic (exact) mass is 308 g/mol. The average Bonchev–Trinajstić information content (AvgIpc) is 2.56. The Morgan fingerprint density at radius 3 is 2.86 bits per heavy atom. The molecule has 122 valence electrons. The van der Waals surface area contributed by atoms with Crippen LogP contribution < -0.4 is 20.1 Å². The van der Waals surface area contributed by atoms with Gasteiger partial charge in [0.25, 0.3) is 0 Å². The lowest BCUT2D eigenvalue weighted by molar-refractivity contribution is -0.120. The van der Waals surface area contributed by atoms with Gasteiger partial charge < -0.3 is 24.8 Å². The average molecular weight is 308 g/mol. The number of piperidine rings is 1. The lowest BCUT2D eigenvalue weighted by Gasteiger charge is -2.22. The summed E-state index contributed by atoms with van der Waals surface area (Å²) in [7, 11) is 3.21. The molecule has 0 spiro atoms. The maximum atomic E-state index is 12.3. The third-order valence-electron chi connectivity index (χ3n) is 3.64. The highest BCUT2D eigenvalue weighted by Gasteiger charge is 2.21. The van der Waals surface area contributed by atoms with Crippen molar-refractivity contribution in [2.75, 3.05) is 45.8 Å². The minimum atomic E-state index is 0.0220. The van der Waals surface area contributed by atoms with E-state index in [0.29, 0.717) is 30.4 Å². The van der Waals surface area contributed by atoms with Crippen molar-refractivity contribution in [2.45, 2.75) is 12.8 Å². The molecule has 2 rings (SSSR count). The number of methoxy groups -OCH3 is 2. The first kappa shape index (κ1) is 16.6. The lowest BCUT2D eigenvalue weighted by Crippen LogP contribution is -2.37. The Morgan fingerprint density at radius 2 is 2.18 bits per heavy atom. The fourth-order valence-electron chi connectivity index (χ4n) is 2.42. The van der Waals surface area contributed by atoms with Crippen molar-refractivity contribution >= 4 is 11.6 Å². The van der Waals surface area contributed by atoms with E-state index in [1.807, 2.05) is 6.07 Å². The van der Waals surface area contributed by atoms with Crippen LogP contribution in [0.25, 0.3) is 0 Å². The van der Waals surface area contributed by atoms with E-state index < -0.39 is 0 Å².